The van der Waals surface area contributed by atoms with Crippen LogP contribution < -0.4 is 0 Å². The quantitative estimate of drug-likeness (QED) is 0.506. The first-order valence-corrected chi connectivity index (χ1v) is 8.39. The number of nitrogens with zero attached hydrogens (tertiary/aromatic N) is 3. The van der Waals surface area contributed by atoms with Crippen molar-refractivity contribution in [3.8, 4) is 0 Å². The van der Waals surface area contributed by atoms with Crippen LogP contribution in [0.1, 0.15) is 29.7 Å². The second-order valence-electron chi connectivity index (χ2n) is 5.54. The zero-order valence-corrected chi connectivity index (χ0v) is 14.4. The fourth-order valence-electron chi connectivity index (χ4n) is 2.57. The number of carbonyl (C=O) groups is 1. The van der Waals surface area contributed by atoms with Gasteiger partial charge in [-0.3, -0.25) is 4.99 Å². The third-order valence-electron chi connectivity index (χ3n) is 3.76. The van der Waals surface area contributed by atoms with Crippen LogP contribution in [0, 0.1) is 0 Å². The molecule has 2 aromatic carbocycles. The molecule has 0 spiro atoms. The van der Waals surface area contributed by atoms with E-state index in [0.717, 1.165) is 11.1 Å². The van der Waals surface area contributed by atoms with E-state index in [1.165, 1.54) is 6.33 Å². The molecule has 3 aromatic rings. The van der Waals surface area contributed by atoms with Gasteiger partial charge in [0.25, 0.3) is 0 Å². The lowest BCUT2D eigenvalue weighted by Crippen LogP contribution is -2.17. The third kappa shape index (κ3) is 4.19. The average molecular weight is 345 g/mol. The van der Waals surface area contributed by atoms with Crippen LogP contribution in [0.2, 0.25) is 0 Å². The molecular formula is C21H19N3O2. The highest BCUT2D eigenvalue weighted by atomic mass is 16.5. The van der Waals surface area contributed by atoms with E-state index in [4.69, 9.17) is 9.73 Å². The maximum Gasteiger partial charge on any atom is 0.335 e. The van der Waals surface area contributed by atoms with Crippen LogP contribution in [0.3, 0.4) is 0 Å². The van der Waals surface area contributed by atoms with E-state index in [1.807, 2.05) is 60.7 Å². The molecule has 1 aromatic heterocycles. The lowest BCUT2D eigenvalue weighted by Gasteiger charge is -2.15. The summed E-state index contributed by atoms with van der Waals surface area (Å²) in [6.07, 6.45) is 4.60. The van der Waals surface area contributed by atoms with Gasteiger partial charge in [-0.25, -0.2) is 14.8 Å². The number of carbonyl (C=O) groups excluding carboxylic acids is 1. The summed E-state index contributed by atoms with van der Waals surface area (Å²) >= 11 is 0. The van der Waals surface area contributed by atoms with Crippen LogP contribution in [-0.2, 0) is 9.53 Å². The highest BCUT2D eigenvalue weighted by Crippen LogP contribution is 2.22. The van der Waals surface area contributed by atoms with Crippen molar-refractivity contribution in [2.45, 2.75) is 13.0 Å². The highest BCUT2D eigenvalue weighted by molar-refractivity contribution is 6.13. The molecule has 0 radical (unpaired) electrons. The standard InChI is InChI=1S/C21H19N3O2/c1-2-26-21(25)20(18-13-22-15-23-14-18)24-19(16-9-5-3-6-10-16)17-11-7-4-8-12-17/h3-15,20H,2H2,1H3/t20-/m1/s1. The fourth-order valence-corrected chi connectivity index (χ4v) is 2.57. The van der Waals surface area contributed by atoms with E-state index in [1.54, 1.807) is 19.3 Å². The Labute approximate surface area is 152 Å². The van der Waals surface area contributed by atoms with E-state index in [0.29, 0.717) is 11.3 Å². The minimum absolute atomic E-state index is 0.282. The number of rotatable bonds is 6. The summed E-state index contributed by atoms with van der Waals surface area (Å²) in [4.78, 5) is 25.3. The molecule has 0 amide bonds. The third-order valence-corrected chi connectivity index (χ3v) is 3.76. The van der Waals surface area contributed by atoms with E-state index in [-0.39, 0.29) is 6.61 Å². The van der Waals surface area contributed by atoms with Crippen molar-refractivity contribution in [3.63, 3.8) is 0 Å². The largest absolute Gasteiger partial charge is 0.464 e. The van der Waals surface area contributed by atoms with Gasteiger partial charge in [0.05, 0.1) is 12.3 Å². The molecule has 0 aliphatic carbocycles. The van der Waals surface area contributed by atoms with Crippen LogP contribution in [0.15, 0.2) is 84.4 Å². The maximum atomic E-state index is 12.6. The molecule has 0 fully saturated rings. The molecule has 130 valence electrons. The Hall–Kier alpha value is -3.34. The second kappa shape index (κ2) is 8.67. The average Bonchev–Trinajstić information content (AvgIpc) is 2.71. The van der Waals surface area contributed by atoms with Crippen molar-refractivity contribution in [1.82, 2.24) is 9.97 Å². The van der Waals surface area contributed by atoms with Crippen LogP contribution in [0.4, 0.5) is 0 Å². The van der Waals surface area contributed by atoms with E-state index >= 15 is 0 Å². The Morgan fingerprint density at radius 2 is 1.50 bits per heavy atom. The summed E-state index contributed by atoms with van der Waals surface area (Å²) in [6, 6.07) is 18.7. The maximum absolute atomic E-state index is 12.6. The van der Waals surface area contributed by atoms with Gasteiger partial charge in [-0.2, -0.15) is 0 Å². The zero-order valence-electron chi connectivity index (χ0n) is 14.4. The molecule has 1 atom stereocenters. The van der Waals surface area contributed by atoms with Crippen molar-refractivity contribution in [3.05, 3.63) is 96.1 Å². The van der Waals surface area contributed by atoms with Gasteiger partial charge < -0.3 is 4.74 Å². The Balaban J connectivity index is 2.12. The van der Waals surface area contributed by atoms with Crippen LogP contribution in [0.25, 0.3) is 0 Å². The van der Waals surface area contributed by atoms with Gasteiger partial charge in [-0.05, 0) is 6.92 Å². The predicted molar refractivity (Wildman–Crippen MR) is 99.9 cm³/mol. The lowest BCUT2D eigenvalue weighted by atomic mass is 10.0. The number of hydrogen-bond acceptors (Lipinski definition) is 5. The SMILES string of the molecule is CCOC(=O)[C@H](N=C(c1ccccc1)c1ccccc1)c1cncnc1. The van der Waals surface area contributed by atoms with Gasteiger partial charge in [0.1, 0.15) is 6.33 Å². The van der Waals surface area contributed by atoms with Gasteiger partial charge in [-0.15, -0.1) is 0 Å². The summed E-state index contributed by atoms with van der Waals surface area (Å²) in [7, 11) is 0. The van der Waals surface area contributed by atoms with Gasteiger partial charge in [0, 0.05) is 29.1 Å². The Kier molecular flexibility index (Phi) is 5.83. The van der Waals surface area contributed by atoms with E-state index < -0.39 is 12.0 Å². The van der Waals surface area contributed by atoms with Crippen molar-refractivity contribution in [2.75, 3.05) is 6.61 Å². The minimum atomic E-state index is -0.827. The van der Waals surface area contributed by atoms with Crippen molar-refractivity contribution in [2.24, 2.45) is 4.99 Å². The van der Waals surface area contributed by atoms with Crippen molar-refractivity contribution >= 4 is 11.7 Å². The lowest BCUT2D eigenvalue weighted by molar-refractivity contribution is -0.144. The number of benzene rings is 2. The highest BCUT2D eigenvalue weighted by Gasteiger charge is 2.23. The molecule has 5 nitrogen and oxygen atoms in total. The number of hydrogen-bond donors (Lipinski definition) is 0. The van der Waals surface area contributed by atoms with Crippen LogP contribution in [-0.4, -0.2) is 28.3 Å². The van der Waals surface area contributed by atoms with Crippen LogP contribution >= 0.6 is 0 Å². The molecule has 5 heteroatoms. The second-order valence-corrected chi connectivity index (χ2v) is 5.54. The number of aromatic nitrogens is 2. The molecule has 0 aliphatic heterocycles. The predicted octanol–water partition coefficient (Wildman–Crippen LogP) is 3.62. The van der Waals surface area contributed by atoms with Crippen molar-refractivity contribution in [1.29, 1.82) is 0 Å². The molecule has 1 heterocycles. The Morgan fingerprint density at radius 3 is 2.00 bits per heavy atom. The molecule has 3 rings (SSSR count). The van der Waals surface area contributed by atoms with Gasteiger partial charge in [-0.1, -0.05) is 60.7 Å². The first-order chi connectivity index (χ1) is 12.8. The minimum Gasteiger partial charge on any atom is -0.464 e. The summed E-state index contributed by atoms with van der Waals surface area (Å²) in [6.45, 7) is 2.06. The Bertz CT molecular complexity index is 824. The summed E-state index contributed by atoms with van der Waals surface area (Å²) in [5.41, 5.74) is 3.15. The molecular weight excluding hydrogens is 326 g/mol. The van der Waals surface area contributed by atoms with Gasteiger partial charge >= 0.3 is 5.97 Å². The molecule has 0 aliphatic rings. The monoisotopic (exact) mass is 345 g/mol. The topological polar surface area (TPSA) is 64.4 Å². The molecule has 0 N–H and O–H groups in total. The zero-order chi connectivity index (χ0) is 18.2. The molecule has 0 saturated heterocycles. The number of aliphatic imine (C=N–C) groups is 1. The Morgan fingerprint density at radius 1 is 0.962 bits per heavy atom. The van der Waals surface area contributed by atoms with Gasteiger partial charge in [0.15, 0.2) is 6.04 Å². The smallest absolute Gasteiger partial charge is 0.335 e. The number of ether oxygens (including phenoxy) is 1. The molecule has 0 saturated carbocycles. The summed E-state index contributed by atoms with van der Waals surface area (Å²) < 4.78 is 5.23. The van der Waals surface area contributed by atoms with Crippen molar-refractivity contribution < 1.29 is 9.53 Å². The molecule has 0 unspecified atom stereocenters. The molecule has 0 bridgehead atoms. The molecule has 26 heavy (non-hydrogen) atoms. The van der Waals surface area contributed by atoms with E-state index in [9.17, 15) is 4.79 Å². The first-order valence-electron chi connectivity index (χ1n) is 8.39. The first kappa shape index (κ1) is 17.5. The number of esters is 1. The summed E-state index contributed by atoms with van der Waals surface area (Å²) in [5.74, 6) is -0.424. The van der Waals surface area contributed by atoms with Gasteiger partial charge in [0.2, 0.25) is 0 Å². The normalized spacial score (nSPS) is 11.4. The fraction of sp³-hybridized carbons (Fsp3) is 0.143. The van der Waals surface area contributed by atoms with Crippen LogP contribution in [0.5, 0.6) is 0 Å². The summed E-state index contributed by atoms with van der Waals surface area (Å²) in [5, 5.41) is 0. The van der Waals surface area contributed by atoms with E-state index in [2.05, 4.69) is 9.97 Å².